The first-order chi connectivity index (χ1) is 21.9. The van der Waals surface area contributed by atoms with Crippen molar-refractivity contribution in [2.24, 2.45) is 0 Å². The highest BCUT2D eigenvalue weighted by Gasteiger charge is 1.97. The van der Waals surface area contributed by atoms with Crippen LogP contribution < -0.4 is 0 Å². The van der Waals surface area contributed by atoms with Crippen molar-refractivity contribution in [2.75, 3.05) is 6.61 Å². The van der Waals surface area contributed by atoms with E-state index in [1.165, 1.54) is 95.1 Å². The Morgan fingerprint density at radius 3 is 0.630 bits per heavy atom. The van der Waals surface area contributed by atoms with Gasteiger partial charge < -0.3 is 5.11 Å². The van der Waals surface area contributed by atoms with E-state index >= 15 is 0 Å². The van der Waals surface area contributed by atoms with Gasteiger partial charge in [-0.2, -0.15) is 0 Å². The molecule has 0 aromatic heterocycles. The molecule has 0 heterocycles. The minimum absolute atomic E-state index is 0.150. The fourth-order valence-corrected chi connectivity index (χ4v) is 5.38. The molecule has 0 bridgehead atoms. The quantitative estimate of drug-likeness (QED) is 0.0995. The van der Waals surface area contributed by atoms with Crippen LogP contribution in [-0.4, -0.2) is 11.7 Å². The van der Waals surface area contributed by atoms with Crippen LogP contribution in [0.2, 0.25) is 0 Å². The molecule has 0 rings (SSSR count). The van der Waals surface area contributed by atoms with Crippen molar-refractivity contribution >= 4 is 0 Å². The Bertz CT molecular complexity index is 1100. The highest BCUT2D eigenvalue weighted by Crippen LogP contribution is 2.17. The SMILES string of the molecule is CC(C)=CCC/C(C)=C/CC/C(C)=C/CC/C(C)=C/CC/C(C)=C\CC/C(C)=C\CC/C(C)=C\CC/C(C)=C\CC/C(C)=C\CO. The molecule has 1 heteroatoms. The average Bonchev–Trinajstić information content (AvgIpc) is 2.97. The van der Waals surface area contributed by atoms with Gasteiger partial charge in [0.25, 0.3) is 0 Å². The van der Waals surface area contributed by atoms with Gasteiger partial charge in [-0.15, -0.1) is 0 Å². The zero-order chi connectivity index (χ0) is 34.6. The van der Waals surface area contributed by atoms with Crippen LogP contribution in [0.4, 0.5) is 0 Å². The summed E-state index contributed by atoms with van der Waals surface area (Å²) in [6.07, 6.45) is 39.7. The van der Waals surface area contributed by atoms with Crippen molar-refractivity contribution in [3.8, 4) is 0 Å². The van der Waals surface area contributed by atoms with E-state index < -0.39 is 0 Å². The summed E-state index contributed by atoms with van der Waals surface area (Å²) in [5.41, 5.74) is 13.3. The number of allylic oxidation sites excluding steroid dienone is 17. The monoisotopic (exact) mass is 631 g/mol. The third kappa shape index (κ3) is 29.1. The molecule has 0 aromatic carbocycles. The predicted molar refractivity (Wildman–Crippen MR) is 210 cm³/mol. The molecular weight excluding hydrogens is 556 g/mol. The second kappa shape index (κ2) is 28.8. The van der Waals surface area contributed by atoms with E-state index in [1.807, 2.05) is 6.08 Å². The van der Waals surface area contributed by atoms with Gasteiger partial charge in [0.05, 0.1) is 6.61 Å². The summed E-state index contributed by atoms with van der Waals surface area (Å²) in [5.74, 6) is 0. The topological polar surface area (TPSA) is 20.2 Å². The van der Waals surface area contributed by atoms with Gasteiger partial charge in [0.1, 0.15) is 0 Å². The first-order valence-electron chi connectivity index (χ1n) is 18.4. The fraction of sp³-hybridized carbons (Fsp3) is 0.600. The summed E-state index contributed by atoms with van der Waals surface area (Å²) >= 11 is 0. The van der Waals surface area contributed by atoms with Gasteiger partial charge in [0.15, 0.2) is 0 Å². The molecule has 0 spiro atoms. The van der Waals surface area contributed by atoms with Gasteiger partial charge in [-0.05, 0) is 172 Å². The Balaban J connectivity index is 4.21. The van der Waals surface area contributed by atoms with Gasteiger partial charge in [0.2, 0.25) is 0 Å². The van der Waals surface area contributed by atoms with E-state index in [4.69, 9.17) is 5.11 Å². The minimum atomic E-state index is 0.150. The Labute approximate surface area is 287 Å². The molecule has 0 aliphatic heterocycles. The van der Waals surface area contributed by atoms with E-state index in [2.05, 4.69) is 118 Å². The summed E-state index contributed by atoms with van der Waals surface area (Å²) < 4.78 is 0. The zero-order valence-electron chi connectivity index (χ0n) is 32.2. The van der Waals surface area contributed by atoms with Crippen molar-refractivity contribution < 1.29 is 5.11 Å². The smallest absolute Gasteiger partial charge is 0.0614 e. The summed E-state index contributed by atoms with van der Waals surface area (Å²) in [6.45, 7) is 22.6. The Kier molecular flexibility index (Phi) is 27.3. The molecule has 0 aliphatic carbocycles. The maximum Gasteiger partial charge on any atom is 0.0614 e. The van der Waals surface area contributed by atoms with Crippen LogP contribution in [0.15, 0.2) is 105 Å². The van der Waals surface area contributed by atoms with Crippen LogP contribution in [0.1, 0.15) is 172 Å². The van der Waals surface area contributed by atoms with Gasteiger partial charge in [0, 0.05) is 0 Å². The minimum Gasteiger partial charge on any atom is -0.392 e. The lowest BCUT2D eigenvalue weighted by atomic mass is 10.0. The van der Waals surface area contributed by atoms with E-state index in [0.717, 1.165) is 57.8 Å². The number of rotatable bonds is 25. The standard InChI is InChI=1S/C45H74O/c1-37(2)19-11-20-38(3)21-12-22-39(4)23-13-24-40(5)25-14-26-41(6)27-15-28-42(7)29-16-30-43(8)31-17-32-44(9)33-18-34-45(10)35-36-46/h19,21,23,25,27,29,31,33,35,46H,11-18,20,22,24,26,28,30,32,34,36H2,1-10H3/b38-21+,39-23+,40-25+,41-27-,42-29-,43-31-,44-33-,45-35-. The van der Waals surface area contributed by atoms with Gasteiger partial charge >= 0.3 is 0 Å². The van der Waals surface area contributed by atoms with Crippen LogP contribution in [0.5, 0.6) is 0 Å². The van der Waals surface area contributed by atoms with Gasteiger partial charge in [-0.3, -0.25) is 0 Å². The molecule has 0 aliphatic rings. The first-order valence-corrected chi connectivity index (χ1v) is 18.4. The van der Waals surface area contributed by atoms with Crippen molar-refractivity contribution in [1.82, 2.24) is 0 Å². The van der Waals surface area contributed by atoms with Crippen molar-refractivity contribution in [1.29, 1.82) is 0 Å². The molecule has 0 aromatic rings. The summed E-state index contributed by atoms with van der Waals surface area (Å²) in [7, 11) is 0. The highest BCUT2D eigenvalue weighted by atomic mass is 16.2. The number of hydrogen-bond acceptors (Lipinski definition) is 1. The molecule has 260 valence electrons. The zero-order valence-corrected chi connectivity index (χ0v) is 32.2. The second-order valence-corrected chi connectivity index (χ2v) is 14.2. The normalized spacial score (nSPS) is 14.8. The van der Waals surface area contributed by atoms with E-state index in [-0.39, 0.29) is 6.61 Å². The lowest BCUT2D eigenvalue weighted by molar-refractivity contribution is 0.341. The third-order valence-electron chi connectivity index (χ3n) is 8.75. The highest BCUT2D eigenvalue weighted by molar-refractivity contribution is 5.10. The number of hydrogen-bond donors (Lipinski definition) is 1. The first kappa shape index (κ1) is 43.6. The molecular formula is C45H74O. The molecule has 0 fully saturated rings. The van der Waals surface area contributed by atoms with Crippen molar-refractivity contribution in [3.63, 3.8) is 0 Å². The lowest BCUT2D eigenvalue weighted by Gasteiger charge is -2.04. The Morgan fingerprint density at radius 1 is 0.283 bits per heavy atom. The Morgan fingerprint density at radius 2 is 0.457 bits per heavy atom. The number of aliphatic hydroxyl groups is 1. The van der Waals surface area contributed by atoms with E-state index in [0.29, 0.717) is 0 Å². The van der Waals surface area contributed by atoms with Crippen LogP contribution in [0, 0.1) is 0 Å². The molecule has 0 saturated carbocycles. The maximum atomic E-state index is 8.96. The van der Waals surface area contributed by atoms with E-state index in [1.54, 1.807) is 0 Å². The summed E-state index contributed by atoms with van der Waals surface area (Å²) in [6, 6.07) is 0. The van der Waals surface area contributed by atoms with Crippen LogP contribution in [0.3, 0.4) is 0 Å². The van der Waals surface area contributed by atoms with E-state index in [9.17, 15) is 0 Å². The predicted octanol–water partition coefficient (Wildman–Crippen LogP) is 14.8. The van der Waals surface area contributed by atoms with Gasteiger partial charge in [-0.1, -0.05) is 105 Å². The fourth-order valence-electron chi connectivity index (χ4n) is 5.38. The maximum absolute atomic E-state index is 8.96. The molecule has 0 saturated heterocycles. The number of aliphatic hydroxyl groups excluding tert-OH is 1. The molecule has 0 amide bonds. The Hall–Kier alpha value is -2.38. The molecule has 0 atom stereocenters. The van der Waals surface area contributed by atoms with Crippen molar-refractivity contribution in [3.05, 3.63) is 105 Å². The summed E-state index contributed by atoms with van der Waals surface area (Å²) in [4.78, 5) is 0. The second-order valence-electron chi connectivity index (χ2n) is 14.2. The molecule has 0 unspecified atom stereocenters. The van der Waals surface area contributed by atoms with Crippen LogP contribution in [-0.2, 0) is 0 Å². The molecule has 46 heavy (non-hydrogen) atoms. The van der Waals surface area contributed by atoms with Gasteiger partial charge in [-0.25, -0.2) is 0 Å². The third-order valence-corrected chi connectivity index (χ3v) is 8.75. The molecule has 1 N–H and O–H groups in total. The van der Waals surface area contributed by atoms with Crippen molar-refractivity contribution in [2.45, 2.75) is 172 Å². The summed E-state index contributed by atoms with van der Waals surface area (Å²) in [5, 5.41) is 8.96. The lowest BCUT2D eigenvalue weighted by Crippen LogP contribution is -1.84. The molecule has 0 radical (unpaired) electrons. The molecule has 1 nitrogen and oxygen atoms in total. The average molecular weight is 631 g/mol. The van der Waals surface area contributed by atoms with Crippen LogP contribution >= 0.6 is 0 Å². The largest absolute Gasteiger partial charge is 0.392 e. The van der Waals surface area contributed by atoms with Crippen LogP contribution in [0.25, 0.3) is 0 Å².